The molecule has 194 valence electrons. The fraction of sp³-hybridized carbons (Fsp3) is 0.286. The number of H-pyrrole nitrogens is 1. The van der Waals surface area contributed by atoms with E-state index in [9.17, 15) is 4.79 Å². The molecule has 0 spiro atoms. The minimum Gasteiger partial charge on any atom is -0.316 e. The minimum absolute atomic E-state index is 0.302. The van der Waals surface area contributed by atoms with Crippen LogP contribution in [0.3, 0.4) is 0 Å². The monoisotopic (exact) mass is 517 g/mol. The largest absolute Gasteiger partial charge is 0.329 e. The molecule has 0 fully saturated rings. The van der Waals surface area contributed by atoms with E-state index in [1.165, 1.54) is 5.56 Å². The van der Waals surface area contributed by atoms with Crippen molar-refractivity contribution in [3.63, 3.8) is 0 Å². The average molecular weight is 518 g/mol. The Labute approximate surface area is 224 Å². The zero-order chi connectivity index (χ0) is 26.8. The van der Waals surface area contributed by atoms with Gasteiger partial charge in [0.1, 0.15) is 0 Å². The molecule has 1 heterocycles. The lowest BCUT2D eigenvalue weighted by Crippen LogP contribution is -2.22. The van der Waals surface area contributed by atoms with Gasteiger partial charge in [0.25, 0.3) is 0 Å². The van der Waals surface area contributed by atoms with Gasteiger partial charge in [-0.25, -0.2) is 4.79 Å². The number of hydrogen-bond acceptors (Lipinski definition) is 6. The second-order valence-corrected chi connectivity index (χ2v) is 9.42. The van der Waals surface area contributed by atoms with Crippen LogP contribution >= 0.6 is 12.8 Å². The van der Waals surface area contributed by atoms with Gasteiger partial charge < -0.3 is 10.6 Å². The predicted octanol–water partition coefficient (Wildman–Crippen LogP) is 6.15. The molecule has 3 aromatic carbocycles. The standard InChI is InChI=1S/C15H15N5.C13H20N2OS/c1-16-10-11-6-8-12(9-7-11)13-4-2-3-5-14(13)15-17-19-20-18-15;1-8(2)10-6-5-7-11(9(3)4)12(10)14-13(16)15-17/h2-9,16H,10H2,1H3,(H,17,18,19,20);5-9,17H,1-4H3,(H2,14,15,16). The second kappa shape index (κ2) is 13.6. The van der Waals surface area contributed by atoms with E-state index < -0.39 is 0 Å². The number of hydrogen-bond donors (Lipinski definition) is 5. The molecule has 0 radical (unpaired) electrons. The quantitative estimate of drug-likeness (QED) is 0.189. The summed E-state index contributed by atoms with van der Waals surface area (Å²) >= 11 is 3.76. The van der Waals surface area contributed by atoms with Gasteiger partial charge in [-0.3, -0.25) is 4.72 Å². The smallest absolute Gasteiger partial charge is 0.316 e. The number of benzene rings is 3. The number of para-hydroxylation sites is 1. The number of amides is 2. The molecule has 0 aliphatic heterocycles. The lowest BCUT2D eigenvalue weighted by molar-refractivity contribution is 0.257. The first-order valence-electron chi connectivity index (χ1n) is 12.3. The Hall–Kier alpha value is -3.69. The highest BCUT2D eigenvalue weighted by Gasteiger charge is 2.15. The SMILES string of the molecule is CC(C)c1cccc(C(C)C)c1NC(=O)NS.CNCc1ccc(-c2ccccc2-c2nn[nH]n2)cc1. The van der Waals surface area contributed by atoms with Gasteiger partial charge in [0.15, 0.2) is 0 Å². The van der Waals surface area contributed by atoms with Crippen LogP contribution < -0.4 is 15.4 Å². The van der Waals surface area contributed by atoms with Gasteiger partial charge in [0, 0.05) is 17.8 Å². The number of aromatic amines is 1. The van der Waals surface area contributed by atoms with Crippen molar-refractivity contribution in [1.82, 2.24) is 30.7 Å². The number of nitrogens with one attached hydrogen (secondary N) is 4. The lowest BCUT2D eigenvalue weighted by Gasteiger charge is -2.19. The van der Waals surface area contributed by atoms with Crippen LogP contribution in [0.1, 0.15) is 56.2 Å². The summed E-state index contributed by atoms with van der Waals surface area (Å²) in [6.07, 6.45) is 0. The van der Waals surface area contributed by atoms with Gasteiger partial charge in [-0.2, -0.15) is 5.21 Å². The Morgan fingerprint density at radius 2 is 1.51 bits per heavy atom. The molecule has 1 aromatic heterocycles. The van der Waals surface area contributed by atoms with Crippen LogP contribution in [-0.2, 0) is 6.54 Å². The molecule has 0 bridgehead atoms. The molecule has 2 amide bonds. The van der Waals surface area contributed by atoms with Crippen LogP contribution in [0.5, 0.6) is 0 Å². The van der Waals surface area contributed by atoms with Crippen LogP contribution in [0, 0.1) is 0 Å². The van der Waals surface area contributed by atoms with E-state index in [4.69, 9.17) is 0 Å². The van der Waals surface area contributed by atoms with Crippen molar-refractivity contribution in [2.75, 3.05) is 12.4 Å². The van der Waals surface area contributed by atoms with E-state index in [-0.39, 0.29) is 6.03 Å². The zero-order valence-corrected chi connectivity index (χ0v) is 22.8. The van der Waals surface area contributed by atoms with Crippen molar-refractivity contribution < 1.29 is 4.79 Å². The van der Waals surface area contributed by atoms with E-state index in [1.54, 1.807) is 0 Å². The first-order chi connectivity index (χ1) is 17.8. The molecule has 4 rings (SSSR count). The summed E-state index contributed by atoms with van der Waals surface area (Å²) in [4.78, 5) is 11.4. The lowest BCUT2D eigenvalue weighted by atomic mass is 9.93. The maximum absolute atomic E-state index is 11.4. The number of aromatic nitrogens is 4. The maximum Gasteiger partial charge on any atom is 0.329 e. The van der Waals surface area contributed by atoms with Crippen LogP contribution in [0.2, 0.25) is 0 Å². The van der Waals surface area contributed by atoms with Crippen LogP contribution in [-0.4, -0.2) is 33.7 Å². The van der Waals surface area contributed by atoms with E-state index in [1.807, 2.05) is 43.4 Å². The number of carbonyl (C=O) groups excluding carboxylic acids is 1. The highest BCUT2D eigenvalue weighted by atomic mass is 32.1. The third-order valence-corrected chi connectivity index (χ3v) is 6.08. The molecule has 8 nitrogen and oxygen atoms in total. The van der Waals surface area contributed by atoms with E-state index in [0.29, 0.717) is 17.7 Å². The fourth-order valence-corrected chi connectivity index (χ4v) is 4.10. The fourth-order valence-electron chi connectivity index (χ4n) is 4.05. The molecule has 4 aromatic rings. The molecule has 0 aliphatic rings. The topological polar surface area (TPSA) is 108 Å². The van der Waals surface area contributed by atoms with Crippen molar-refractivity contribution in [3.05, 3.63) is 83.4 Å². The number of nitrogens with zero attached hydrogens (tertiary/aromatic N) is 3. The number of anilines is 1. The molecule has 4 N–H and O–H groups in total. The number of thiol groups is 1. The number of carbonyl (C=O) groups is 1. The van der Waals surface area contributed by atoms with Gasteiger partial charge in [-0.1, -0.05) is 107 Å². The van der Waals surface area contributed by atoms with E-state index in [2.05, 4.69) is 107 Å². The van der Waals surface area contributed by atoms with Gasteiger partial charge in [-0.15, -0.1) is 10.2 Å². The van der Waals surface area contributed by atoms with Crippen LogP contribution in [0.25, 0.3) is 22.5 Å². The van der Waals surface area contributed by atoms with Crippen LogP contribution in [0.4, 0.5) is 10.5 Å². The zero-order valence-electron chi connectivity index (χ0n) is 21.9. The molecule has 9 heteroatoms. The summed E-state index contributed by atoms with van der Waals surface area (Å²) in [7, 11) is 1.94. The summed E-state index contributed by atoms with van der Waals surface area (Å²) in [5.41, 5.74) is 7.68. The Balaban J connectivity index is 0.000000209. The molecule has 37 heavy (non-hydrogen) atoms. The normalized spacial score (nSPS) is 10.7. The Kier molecular flexibility index (Phi) is 10.2. The molecular formula is C28H35N7OS. The minimum atomic E-state index is -0.302. The van der Waals surface area contributed by atoms with Crippen molar-refractivity contribution in [2.45, 2.75) is 46.1 Å². The first kappa shape index (κ1) is 27.9. The van der Waals surface area contributed by atoms with Crippen molar-refractivity contribution in [1.29, 1.82) is 0 Å². The third kappa shape index (κ3) is 7.41. The third-order valence-electron chi connectivity index (χ3n) is 5.87. The summed E-state index contributed by atoms with van der Waals surface area (Å²) in [6.45, 7) is 9.33. The number of rotatable bonds is 7. The van der Waals surface area contributed by atoms with Crippen molar-refractivity contribution >= 4 is 24.5 Å². The van der Waals surface area contributed by atoms with Crippen molar-refractivity contribution in [2.24, 2.45) is 0 Å². The molecular weight excluding hydrogens is 482 g/mol. The van der Waals surface area contributed by atoms with E-state index in [0.717, 1.165) is 40.0 Å². The highest BCUT2D eigenvalue weighted by molar-refractivity contribution is 7.78. The van der Waals surface area contributed by atoms with Crippen molar-refractivity contribution in [3.8, 4) is 22.5 Å². The second-order valence-electron chi connectivity index (χ2n) is 9.20. The summed E-state index contributed by atoms with van der Waals surface area (Å²) in [6, 6.07) is 22.4. The highest BCUT2D eigenvalue weighted by Crippen LogP contribution is 2.32. The number of tetrazole rings is 1. The Bertz CT molecular complexity index is 1250. The van der Waals surface area contributed by atoms with Gasteiger partial charge in [0.2, 0.25) is 5.82 Å². The molecule has 0 saturated carbocycles. The number of urea groups is 1. The molecule has 0 atom stereocenters. The maximum atomic E-state index is 11.4. The van der Waals surface area contributed by atoms with Crippen LogP contribution in [0.15, 0.2) is 66.7 Å². The molecule has 0 aliphatic carbocycles. The Morgan fingerprint density at radius 3 is 2.03 bits per heavy atom. The molecule has 0 unspecified atom stereocenters. The summed E-state index contributed by atoms with van der Waals surface area (Å²) in [5, 5.41) is 20.3. The molecule has 0 saturated heterocycles. The Morgan fingerprint density at radius 1 is 0.892 bits per heavy atom. The predicted molar refractivity (Wildman–Crippen MR) is 154 cm³/mol. The van der Waals surface area contributed by atoms with Gasteiger partial charge in [-0.05, 0) is 51.9 Å². The summed E-state index contributed by atoms with van der Waals surface area (Å²) in [5.74, 6) is 1.34. The van der Waals surface area contributed by atoms with E-state index >= 15 is 0 Å². The van der Waals surface area contributed by atoms with Gasteiger partial charge >= 0.3 is 6.03 Å². The van der Waals surface area contributed by atoms with Gasteiger partial charge in [0.05, 0.1) is 0 Å². The summed E-state index contributed by atoms with van der Waals surface area (Å²) < 4.78 is 2.29. The average Bonchev–Trinajstić information content (AvgIpc) is 3.44. The first-order valence-corrected chi connectivity index (χ1v) is 12.7.